The van der Waals surface area contributed by atoms with E-state index >= 15 is 0 Å². The van der Waals surface area contributed by atoms with Crippen molar-refractivity contribution in [3.8, 4) is 0 Å². The van der Waals surface area contributed by atoms with Crippen LogP contribution in [-0.4, -0.2) is 39.0 Å². The summed E-state index contributed by atoms with van der Waals surface area (Å²) < 4.78 is 0. The molecule has 0 bridgehead atoms. The third-order valence-electron chi connectivity index (χ3n) is 8.28. The van der Waals surface area contributed by atoms with Crippen molar-refractivity contribution < 1.29 is 4.79 Å². The zero-order valence-corrected chi connectivity index (χ0v) is 17.3. The van der Waals surface area contributed by atoms with Gasteiger partial charge >= 0.3 is 0 Å². The van der Waals surface area contributed by atoms with Crippen molar-refractivity contribution >= 4 is 5.91 Å². The Morgan fingerprint density at radius 3 is 2.00 bits per heavy atom. The van der Waals surface area contributed by atoms with Gasteiger partial charge in [-0.3, -0.25) is 9.69 Å². The van der Waals surface area contributed by atoms with E-state index in [-0.39, 0.29) is 11.2 Å². The molecule has 1 aliphatic heterocycles. The van der Waals surface area contributed by atoms with Crippen LogP contribution in [0.2, 0.25) is 0 Å². The Hall–Kier alpha value is -0.570. The van der Waals surface area contributed by atoms with Crippen molar-refractivity contribution in [1.29, 1.82) is 0 Å². The van der Waals surface area contributed by atoms with Gasteiger partial charge in [0.15, 0.2) is 0 Å². The fourth-order valence-corrected chi connectivity index (χ4v) is 7.08. The lowest BCUT2D eigenvalue weighted by atomic mass is 9.78. The molecule has 0 aromatic carbocycles. The molecule has 4 fully saturated rings. The van der Waals surface area contributed by atoms with Crippen molar-refractivity contribution in [2.75, 3.05) is 0 Å². The Kier molecular flexibility index (Phi) is 5.38. The molecule has 1 saturated heterocycles. The summed E-state index contributed by atoms with van der Waals surface area (Å²) in [5, 5.41) is 0. The van der Waals surface area contributed by atoms with E-state index in [2.05, 4.69) is 23.6 Å². The lowest BCUT2D eigenvalue weighted by molar-refractivity contribution is -0.140. The summed E-state index contributed by atoms with van der Waals surface area (Å²) in [5.74, 6) is 0.548. The Bertz CT molecular complexity index is 498. The van der Waals surface area contributed by atoms with Crippen molar-refractivity contribution in [1.82, 2.24) is 9.80 Å². The van der Waals surface area contributed by atoms with Crippen molar-refractivity contribution in [3.05, 3.63) is 0 Å². The van der Waals surface area contributed by atoms with Crippen LogP contribution in [0.1, 0.15) is 117 Å². The van der Waals surface area contributed by atoms with E-state index in [1.54, 1.807) is 0 Å². The number of hydrogen-bond acceptors (Lipinski definition) is 2. The molecular formula is C23H40N2O. The molecular weight excluding hydrogens is 320 g/mol. The summed E-state index contributed by atoms with van der Waals surface area (Å²) in [7, 11) is 0. The topological polar surface area (TPSA) is 23.6 Å². The van der Waals surface area contributed by atoms with Gasteiger partial charge in [0.2, 0.25) is 5.91 Å². The van der Waals surface area contributed by atoms with Crippen LogP contribution in [0.4, 0.5) is 0 Å². The van der Waals surface area contributed by atoms with Crippen molar-refractivity contribution in [3.63, 3.8) is 0 Å². The molecule has 1 unspecified atom stereocenters. The van der Waals surface area contributed by atoms with Crippen LogP contribution in [-0.2, 0) is 4.79 Å². The van der Waals surface area contributed by atoms with Gasteiger partial charge in [-0.2, -0.15) is 0 Å². The average Bonchev–Trinajstić information content (AvgIpc) is 2.87. The van der Waals surface area contributed by atoms with Crippen LogP contribution in [0.25, 0.3) is 0 Å². The molecule has 26 heavy (non-hydrogen) atoms. The van der Waals surface area contributed by atoms with Gasteiger partial charge in [0.25, 0.3) is 0 Å². The number of rotatable bonds is 3. The summed E-state index contributed by atoms with van der Waals surface area (Å²) in [6.45, 7) is 4.73. The zero-order chi connectivity index (χ0) is 18.2. The highest BCUT2D eigenvalue weighted by atomic mass is 16.2. The van der Waals surface area contributed by atoms with E-state index in [1.165, 1.54) is 83.5 Å². The molecule has 3 heteroatoms. The van der Waals surface area contributed by atoms with E-state index in [0.717, 1.165) is 19.3 Å². The minimum Gasteiger partial charge on any atom is -0.320 e. The molecule has 1 amide bonds. The van der Waals surface area contributed by atoms with Crippen LogP contribution in [0, 0.1) is 0 Å². The molecule has 3 saturated carbocycles. The molecule has 4 aliphatic rings. The average molecular weight is 361 g/mol. The number of carbonyl (C=O) groups is 1. The number of carbonyl (C=O) groups excluding carboxylic acids is 1. The van der Waals surface area contributed by atoms with E-state index < -0.39 is 0 Å². The van der Waals surface area contributed by atoms with E-state index in [0.29, 0.717) is 18.0 Å². The first-order valence-corrected chi connectivity index (χ1v) is 11.8. The minimum absolute atomic E-state index is 0.0457. The fraction of sp³-hybridized carbons (Fsp3) is 0.957. The van der Waals surface area contributed by atoms with Crippen LogP contribution in [0.15, 0.2) is 0 Å². The van der Waals surface area contributed by atoms with Crippen molar-refractivity contribution in [2.45, 2.75) is 140 Å². The van der Waals surface area contributed by atoms with Crippen molar-refractivity contribution in [2.24, 2.45) is 0 Å². The third-order valence-corrected chi connectivity index (χ3v) is 8.28. The molecule has 1 atom stereocenters. The Morgan fingerprint density at radius 2 is 1.42 bits per heavy atom. The molecule has 0 radical (unpaired) electrons. The lowest BCUT2D eigenvalue weighted by Gasteiger charge is -2.54. The second kappa shape index (κ2) is 7.45. The predicted octanol–water partition coefficient (Wildman–Crippen LogP) is 5.63. The van der Waals surface area contributed by atoms with Gasteiger partial charge in [-0.05, 0) is 64.7 Å². The summed E-state index contributed by atoms with van der Waals surface area (Å²) in [6, 6.07) is 1.03. The standard InChI is InChI=1S/C23H40N2O/c1-3-19(2)25-22(15-9-5-10-16-22)21(26)24(20-13-7-4-8-14-20)23(25)17-11-6-12-18-23/h19-20H,3-18H2,1-2H3. The molecule has 4 rings (SSSR count). The largest absolute Gasteiger partial charge is 0.320 e. The fourth-order valence-electron chi connectivity index (χ4n) is 7.08. The number of nitrogens with zero attached hydrogens (tertiary/aromatic N) is 2. The monoisotopic (exact) mass is 360 g/mol. The Morgan fingerprint density at radius 1 is 0.885 bits per heavy atom. The summed E-state index contributed by atoms with van der Waals surface area (Å²) in [5.41, 5.74) is -0.118. The smallest absolute Gasteiger partial charge is 0.244 e. The molecule has 0 aromatic heterocycles. The second-order valence-electron chi connectivity index (χ2n) is 9.73. The van der Waals surface area contributed by atoms with Gasteiger partial charge in [0, 0.05) is 12.1 Å². The molecule has 148 valence electrons. The van der Waals surface area contributed by atoms with Gasteiger partial charge in [-0.1, -0.05) is 51.9 Å². The summed E-state index contributed by atoms with van der Waals surface area (Å²) >= 11 is 0. The molecule has 3 aliphatic carbocycles. The normalized spacial score (nSPS) is 31.0. The first-order valence-electron chi connectivity index (χ1n) is 11.8. The highest BCUT2D eigenvalue weighted by Gasteiger charge is 2.66. The first-order chi connectivity index (χ1) is 12.7. The maximum atomic E-state index is 14.2. The van der Waals surface area contributed by atoms with Crippen LogP contribution < -0.4 is 0 Å². The van der Waals surface area contributed by atoms with Gasteiger partial charge in [0.05, 0.1) is 5.66 Å². The maximum absolute atomic E-state index is 14.2. The van der Waals surface area contributed by atoms with E-state index in [9.17, 15) is 4.79 Å². The summed E-state index contributed by atoms with van der Waals surface area (Å²) in [6.07, 6.45) is 20.1. The van der Waals surface area contributed by atoms with Gasteiger partial charge in [-0.15, -0.1) is 0 Å². The maximum Gasteiger partial charge on any atom is 0.244 e. The Balaban J connectivity index is 1.79. The summed E-state index contributed by atoms with van der Waals surface area (Å²) in [4.78, 5) is 19.5. The predicted molar refractivity (Wildman–Crippen MR) is 107 cm³/mol. The van der Waals surface area contributed by atoms with Gasteiger partial charge in [-0.25, -0.2) is 0 Å². The molecule has 1 heterocycles. The first kappa shape index (κ1) is 18.8. The second-order valence-corrected chi connectivity index (χ2v) is 9.73. The van der Waals surface area contributed by atoms with Crippen LogP contribution >= 0.6 is 0 Å². The molecule has 3 nitrogen and oxygen atoms in total. The Labute approximate surface area is 160 Å². The minimum atomic E-state index is -0.164. The zero-order valence-electron chi connectivity index (χ0n) is 17.3. The SMILES string of the molecule is CCC(C)N1C2(CCCCC2)C(=O)N(C2CCCCC2)C12CCCCC2. The van der Waals surface area contributed by atoms with E-state index in [1.807, 2.05) is 0 Å². The number of amides is 1. The molecule has 0 N–H and O–H groups in total. The number of hydrogen-bond donors (Lipinski definition) is 0. The third kappa shape index (κ3) is 2.75. The lowest BCUT2D eigenvalue weighted by Crippen LogP contribution is -2.63. The van der Waals surface area contributed by atoms with Crippen LogP contribution in [0.5, 0.6) is 0 Å². The van der Waals surface area contributed by atoms with Gasteiger partial charge < -0.3 is 4.90 Å². The van der Waals surface area contributed by atoms with Crippen LogP contribution in [0.3, 0.4) is 0 Å². The molecule has 2 spiro atoms. The highest BCUT2D eigenvalue weighted by molar-refractivity contribution is 5.90. The quantitative estimate of drug-likeness (QED) is 0.651. The highest BCUT2D eigenvalue weighted by Crippen LogP contribution is 2.55. The van der Waals surface area contributed by atoms with Gasteiger partial charge in [0.1, 0.15) is 5.54 Å². The van der Waals surface area contributed by atoms with E-state index in [4.69, 9.17) is 0 Å². The molecule has 0 aromatic rings.